The number of nitro benzene ring substituents is 1. The molecule has 0 saturated carbocycles. The van der Waals surface area contributed by atoms with Crippen LogP contribution in [-0.2, 0) is 0 Å². The smallest absolute Gasteiger partial charge is 0.270 e. The summed E-state index contributed by atoms with van der Waals surface area (Å²) in [6.45, 7) is 5.87. The second-order valence-electron chi connectivity index (χ2n) is 8.64. The fourth-order valence-electron chi connectivity index (χ4n) is 4.65. The van der Waals surface area contributed by atoms with E-state index in [1.54, 1.807) is 23.1 Å². The van der Waals surface area contributed by atoms with Crippen LogP contribution >= 0.6 is 0 Å². The first-order valence-electron chi connectivity index (χ1n) is 11.2. The monoisotopic (exact) mass is 454 g/mol. The number of hydrogen-bond acceptors (Lipinski definition) is 6. The Morgan fingerprint density at radius 2 is 1.73 bits per heavy atom. The average Bonchev–Trinajstić information content (AvgIpc) is 3.23. The van der Waals surface area contributed by atoms with Gasteiger partial charge in [0.1, 0.15) is 5.82 Å². The molecule has 1 atom stereocenters. The fourth-order valence-corrected chi connectivity index (χ4v) is 4.65. The predicted molar refractivity (Wildman–Crippen MR) is 124 cm³/mol. The number of halogens is 1. The standard InChI is InChI=1S/C24H27FN4O4/c1-16-4-3-9-28(16)22-8-6-19(29(32)33)15-20(22)24(31)27-12-10-26(11-13-27)23-7-5-18(17(2)30)14-21(23)25/h5-8,14-16H,3-4,9-13H2,1-2H3. The number of carbonyl (C=O) groups is 2. The molecule has 0 bridgehead atoms. The van der Waals surface area contributed by atoms with Crippen LogP contribution in [0, 0.1) is 15.9 Å². The van der Waals surface area contributed by atoms with Crippen LogP contribution in [0.5, 0.6) is 0 Å². The lowest BCUT2D eigenvalue weighted by Crippen LogP contribution is -2.49. The van der Waals surface area contributed by atoms with E-state index < -0.39 is 10.7 Å². The highest BCUT2D eigenvalue weighted by atomic mass is 19.1. The molecule has 0 aromatic heterocycles. The second kappa shape index (κ2) is 9.17. The second-order valence-corrected chi connectivity index (χ2v) is 8.64. The third kappa shape index (κ3) is 4.53. The molecule has 8 nitrogen and oxygen atoms in total. The van der Waals surface area contributed by atoms with E-state index in [4.69, 9.17) is 0 Å². The maximum atomic E-state index is 14.6. The van der Waals surface area contributed by atoms with Gasteiger partial charge in [0.25, 0.3) is 11.6 Å². The summed E-state index contributed by atoms with van der Waals surface area (Å²) in [7, 11) is 0. The van der Waals surface area contributed by atoms with Gasteiger partial charge in [0.05, 0.1) is 21.9 Å². The molecule has 0 spiro atoms. The molecule has 174 valence electrons. The summed E-state index contributed by atoms with van der Waals surface area (Å²) in [4.78, 5) is 41.4. The molecule has 2 fully saturated rings. The van der Waals surface area contributed by atoms with Crippen LogP contribution in [0.25, 0.3) is 0 Å². The zero-order valence-electron chi connectivity index (χ0n) is 18.8. The zero-order valence-corrected chi connectivity index (χ0v) is 18.8. The predicted octanol–water partition coefficient (Wildman–Crippen LogP) is 3.89. The summed E-state index contributed by atoms with van der Waals surface area (Å²) in [5, 5.41) is 11.4. The van der Waals surface area contributed by atoms with Crippen molar-refractivity contribution in [3.63, 3.8) is 0 Å². The van der Waals surface area contributed by atoms with Crippen molar-refractivity contribution in [2.24, 2.45) is 0 Å². The lowest BCUT2D eigenvalue weighted by molar-refractivity contribution is -0.384. The number of anilines is 2. The average molecular weight is 455 g/mol. The third-order valence-corrected chi connectivity index (χ3v) is 6.55. The van der Waals surface area contributed by atoms with Crippen molar-refractivity contribution in [3.8, 4) is 0 Å². The van der Waals surface area contributed by atoms with Gasteiger partial charge in [-0.25, -0.2) is 4.39 Å². The van der Waals surface area contributed by atoms with Gasteiger partial charge < -0.3 is 14.7 Å². The minimum absolute atomic E-state index is 0.111. The number of rotatable bonds is 5. The van der Waals surface area contributed by atoms with E-state index in [1.807, 2.05) is 4.90 Å². The number of carbonyl (C=O) groups excluding carboxylic acids is 2. The molecule has 1 unspecified atom stereocenters. The molecular weight excluding hydrogens is 427 g/mol. The number of hydrogen-bond donors (Lipinski definition) is 0. The first-order valence-corrected chi connectivity index (χ1v) is 11.2. The summed E-state index contributed by atoms with van der Waals surface area (Å²) in [5.41, 5.74) is 1.67. The van der Waals surface area contributed by atoms with Gasteiger partial charge in [0.2, 0.25) is 0 Å². The SMILES string of the molecule is CC(=O)c1ccc(N2CCN(C(=O)c3cc([N+](=O)[O-])ccc3N3CCCC3C)CC2)c(F)c1. The van der Waals surface area contributed by atoms with Crippen LogP contribution in [0.15, 0.2) is 36.4 Å². The van der Waals surface area contributed by atoms with Crippen LogP contribution in [0.3, 0.4) is 0 Å². The highest BCUT2D eigenvalue weighted by Crippen LogP contribution is 2.32. The summed E-state index contributed by atoms with van der Waals surface area (Å²) in [6, 6.07) is 9.19. The van der Waals surface area contributed by atoms with Crippen molar-refractivity contribution < 1.29 is 18.9 Å². The van der Waals surface area contributed by atoms with Crippen LogP contribution in [0.1, 0.15) is 47.4 Å². The van der Waals surface area contributed by atoms with E-state index >= 15 is 0 Å². The van der Waals surface area contributed by atoms with Gasteiger partial charge in [-0.05, 0) is 51.0 Å². The largest absolute Gasteiger partial charge is 0.368 e. The molecule has 1 amide bonds. The quantitative estimate of drug-likeness (QED) is 0.387. The maximum absolute atomic E-state index is 14.6. The number of benzene rings is 2. The Hall–Kier alpha value is -3.49. The maximum Gasteiger partial charge on any atom is 0.270 e. The van der Waals surface area contributed by atoms with Gasteiger partial charge >= 0.3 is 0 Å². The molecule has 4 rings (SSSR count). The Bertz CT molecular complexity index is 1100. The summed E-state index contributed by atoms with van der Waals surface area (Å²) in [6.07, 6.45) is 2.02. The van der Waals surface area contributed by atoms with Crippen LogP contribution in [-0.4, -0.2) is 60.3 Å². The van der Waals surface area contributed by atoms with E-state index in [0.717, 1.165) is 25.1 Å². The molecule has 2 aliphatic rings. The zero-order chi connectivity index (χ0) is 23.7. The molecule has 9 heteroatoms. The minimum atomic E-state index is -0.487. The van der Waals surface area contributed by atoms with E-state index in [0.29, 0.717) is 43.0 Å². The summed E-state index contributed by atoms with van der Waals surface area (Å²) in [5.74, 6) is -0.915. The topological polar surface area (TPSA) is 87.0 Å². The lowest BCUT2D eigenvalue weighted by atomic mass is 10.1. The third-order valence-electron chi connectivity index (χ3n) is 6.55. The van der Waals surface area contributed by atoms with Crippen molar-refractivity contribution in [3.05, 3.63) is 63.5 Å². The van der Waals surface area contributed by atoms with Crippen LogP contribution in [0.4, 0.5) is 21.5 Å². The Kier molecular flexibility index (Phi) is 6.31. The van der Waals surface area contributed by atoms with Crippen molar-refractivity contribution in [1.82, 2.24) is 4.90 Å². The summed E-state index contributed by atoms with van der Waals surface area (Å²) < 4.78 is 14.6. The lowest BCUT2D eigenvalue weighted by Gasteiger charge is -2.37. The molecule has 2 aliphatic heterocycles. The van der Waals surface area contributed by atoms with Gasteiger partial charge in [-0.3, -0.25) is 19.7 Å². The van der Waals surface area contributed by atoms with Gasteiger partial charge in [-0.1, -0.05) is 0 Å². The van der Waals surface area contributed by atoms with Crippen LogP contribution in [0.2, 0.25) is 0 Å². The number of nitro groups is 1. The van der Waals surface area contributed by atoms with E-state index in [1.165, 1.54) is 25.1 Å². The van der Waals surface area contributed by atoms with Crippen molar-refractivity contribution in [2.75, 3.05) is 42.5 Å². The van der Waals surface area contributed by atoms with E-state index in [9.17, 15) is 24.1 Å². The number of amides is 1. The number of Topliss-reactive ketones (excluding diaryl/α,β-unsaturated/α-hetero) is 1. The Morgan fingerprint density at radius 3 is 2.30 bits per heavy atom. The number of piperazine rings is 1. The normalized spacial score (nSPS) is 18.5. The molecule has 2 saturated heterocycles. The van der Waals surface area contributed by atoms with E-state index in [2.05, 4.69) is 11.8 Å². The first-order chi connectivity index (χ1) is 15.8. The number of nitrogens with zero attached hydrogens (tertiary/aromatic N) is 4. The molecule has 0 aliphatic carbocycles. The Morgan fingerprint density at radius 1 is 1.03 bits per heavy atom. The molecule has 0 N–H and O–H groups in total. The Balaban J connectivity index is 1.53. The highest BCUT2D eigenvalue weighted by molar-refractivity contribution is 6.01. The first kappa shape index (κ1) is 22.7. The molecular formula is C24H27FN4O4. The molecule has 2 aromatic rings. The highest BCUT2D eigenvalue weighted by Gasteiger charge is 2.30. The molecule has 0 radical (unpaired) electrons. The van der Waals surface area contributed by atoms with Gasteiger partial charge in [-0.15, -0.1) is 0 Å². The molecule has 2 aromatic carbocycles. The van der Waals surface area contributed by atoms with Crippen molar-refractivity contribution >= 4 is 28.8 Å². The number of non-ortho nitro benzene ring substituents is 1. The van der Waals surface area contributed by atoms with Gasteiger partial charge in [0, 0.05) is 56.5 Å². The molecule has 33 heavy (non-hydrogen) atoms. The molecule has 2 heterocycles. The van der Waals surface area contributed by atoms with Crippen LogP contribution < -0.4 is 9.80 Å². The minimum Gasteiger partial charge on any atom is -0.368 e. The fraction of sp³-hybridized carbons (Fsp3) is 0.417. The summed E-state index contributed by atoms with van der Waals surface area (Å²) >= 11 is 0. The van der Waals surface area contributed by atoms with Crippen molar-refractivity contribution in [2.45, 2.75) is 32.7 Å². The number of ketones is 1. The van der Waals surface area contributed by atoms with Gasteiger partial charge in [-0.2, -0.15) is 0 Å². The van der Waals surface area contributed by atoms with Crippen molar-refractivity contribution in [1.29, 1.82) is 0 Å². The Labute approximate surface area is 191 Å². The van der Waals surface area contributed by atoms with E-state index in [-0.39, 0.29) is 23.4 Å². The van der Waals surface area contributed by atoms with Gasteiger partial charge in [0.15, 0.2) is 5.78 Å².